The Morgan fingerprint density at radius 2 is 1.88 bits per heavy atom. The van der Waals surface area contributed by atoms with Crippen LogP contribution in [0.25, 0.3) is 0 Å². The van der Waals surface area contributed by atoms with Gasteiger partial charge in [0.25, 0.3) is 0 Å². The van der Waals surface area contributed by atoms with Crippen molar-refractivity contribution in [3.8, 4) is 0 Å². The van der Waals surface area contributed by atoms with Crippen molar-refractivity contribution in [1.82, 2.24) is 10.2 Å². The van der Waals surface area contributed by atoms with Crippen molar-refractivity contribution in [2.75, 3.05) is 19.6 Å². The van der Waals surface area contributed by atoms with Crippen LogP contribution in [0.2, 0.25) is 0 Å². The molecule has 2 fully saturated rings. The first-order valence-electron chi connectivity index (χ1n) is 7.58. The molecule has 0 aromatic rings. The molecule has 1 aliphatic carbocycles. The SMILES string of the molecule is CCN1CCCC1CNC1CCC(C)(C)CC1. The van der Waals surface area contributed by atoms with Crippen LogP contribution in [-0.2, 0) is 0 Å². The second-order valence-electron chi connectivity index (χ2n) is 6.77. The second kappa shape index (κ2) is 5.71. The smallest absolute Gasteiger partial charge is 0.0221 e. The molecule has 1 heterocycles. The van der Waals surface area contributed by atoms with Gasteiger partial charge in [-0.3, -0.25) is 4.90 Å². The average molecular weight is 238 g/mol. The fourth-order valence-corrected chi connectivity index (χ4v) is 3.45. The van der Waals surface area contributed by atoms with Gasteiger partial charge in [-0.25, -0.2) is 0 Å². The molecule has 1 atom stereocenters. The summed E-state index contributed by atoms with van der Waals surface area (Å²) < 4.78 is 0. The topological polar surface area (TPSA) is 15.3 Å². The highest BCUT2D eigenvalue weighted by atomic mass is 15.2. The zero-order valence-electron chi connectivity index (χ0n) is 12.0. The van der Waals surface area contributed by atoms with Gasteiger partial charge < -0.3 is 5.32 Å². The number of nitrogens with one attached hydrogen (secondary N) is 1. The second-order valence-corrected chi connectivity index (χ2v) is 6.77. The monoisotopic (exact) mass is 238 g/mol. The first kappa shape index (κ1) is 13.4. The Labute approximate surface area is 107 Å². The normalized spacial score (nSPS) is 30.9. The predicted molar refractivity (Wildman–Crippen MR) is 74.3 cm³/mol. The molecule has 0 aromatic carbocycles. The summed E-state index contributed by atoms with van der Waals surface area (Å²) in [5.74, 6) is 0. The van der Waals surface area contributed by atoms with Gasteiger partial charge in [0.1, 0.15) is 0 Å². The van der Waals surface area contributed by atoms with Gasteiger partial charge in [0.2, 0.25) is 0 Å². The fraction of sp³-hybridized carbons (Fsp3) is 1.00. The number of likely N-dealkylation sites (N-methyl/N-ethyl adjacent to an activating group) is 1. The maximum Gasteiger partial charge on any atom is 0.0221 e. The summed E-state index contributed by atoms with van der Waals surface area (Å²) in [6, 6.07) is 1.61. The van der Waals surface area contributed by atoms with Crippen LogP contribution in [0.5, 0.6) is 0 Å². The lowest BCUT2D eigenvalue weighted by Gasteiger charge is -2.35. The maximum absolute atomic E-state index is 3.82. The lowest BCUT2D eigenvalue weighted by Crippen LogP contribution is -2.43. The van der Waals surface area contributed by atoms with Crippen LogP contribution >= 0.6 is 0 Å². The van der Waals surface area contributed by atoms with Gasteiger partial charge in [0.15, 0.2) is 0 Å². The molecule has 0 aromatic heterocycles. The third-order valence-corrected chi connectivity index (χ3v) is 4.89. The minimum Gasteiger partial charge on any atom is -0.312 e. The molecule has 0 bridgehead atoms. The Morgan fingerprint density at radius 3 is 2.53 bits per heavy atom. The zero-order chi connectivity index (χ0) is 12.3. The molecular weight excluding hydrogens is 208 g/mol. The predicted octanol–water partition coefficient (Wildman–Crippen LogP) is 3.03. The van der Waals surface area contributed by atoms with Crippen LogP contribution in [0.1, 0.15) is 59.3 Å². The van der Waals surface area contributed by atoms with Crippen molar-refractivity contribution >= 4 is 0 Å². The van der Waals surface area contributed by atoms with E-state index >= 15 is 0 Å². The van der Waals surface area contributed by atoms with Crippen LogP contribution in [0.4, 0.5) is 0 Å². The fourth-order valence-electron chi connectivity index (χ4n) is 3.45. The summed E-state index contributed by atoms with van der Waals surface area (Å²) in [5, 5.41) is 3.82. The molecule has 0 amide bonds. The first-order chi connectivity index (χ1) is 8.11. The summed E-state index contributed by atoms with van der Waals surface area (Å²) in [5.41, 5.74) is 0.598. The Balaban J connectivity index is 1.69. The van der Waals surface area contributed by atoms with E-state index in [-0.39, 0.29) is 0 Å². The quantitative estimate of drug-likeness (QED) is 0.810. The average Bonchev–Trinajstić information content (AvgIpc) is 2.75. The van der Waals surface area contributed by atoms with Gasteiger partial charge in [-0.05, 0) is 57.0 Å². The zero-order valence-corrected chi connectivity index (χ0v) is 12.0. The Kier molecular flexibility index (Phi) is 4.48. The molecule has 17 heavy (non-hydrogen) atoms. The van der Waals surface area contributed by atoms with Gasteiger partial charge in [0, 0.05) is 18.6 Å². The minimum atomic E-state index is 0.598. The molecular formula is C15H30N2. The molecule has 1 N–H and O–H groups in total. The molecule has 2 nitrogen and oxygen atoms in total. The molecule has 0 radical (unpaired) electrons. The van der Waals surface area contributed by atoms with E-state index in [2.05, 4.69) is 31.0 Å². The molecule has 100 valence electrons. The lowest BCUT2D eigenvalue weighted by molar-refractivity contribution is 0.192. The Bertz CT molecular complexity index is 227. The van der Waals surface area contributed by atoms with Gasteiger partial charge >= 0.3 is 0 Å². The van der Waals surface area contributed by atoms with E-state index in [1.165, 1.54) is 58.2 Å². The number of nitrogens with zero attached hydrogens (tertiary/aromatic N) is 1. The number of hydrogen-bond donors (Lipinski definition) is 1. The molecule has 1 unspecified atom stereocenters. The van der Waals surface area contributed by atoms with E-state index in [1.807, 2.05) is 0 Å². The van der Waals surface area contributed by atoms with Crippen molar-refractivity contribution in [2.24, 2.45) is 5.41 Å². The number of rotatable bonds is 4. The molecule has 0 spiro atoms. The highest BCUT2D eigenvalue weighted by molar-refractivity contribution is 4.85. The van der Waals surface area contributed by atoms with Crippen molar-refractivity contribution in [3.63, 3.8) is 0 Å². The van der Waals surface area contributed by atoms with Crippen LogP contribution in [0.3, 0.4) is 0 Å². The number of hydrogen-bond acceptors (Lipinski definition) is 2. The van der Waals surface area contributed by atoms with E-state index in [4.69, 9.17) is 0 Å². The lowest BCUT2D eigenvalue weighted by atomic mass is 9.75. The van der Waals surface area contributed by atoms with Crippen molar-refractivity contribution in [3.05, 3.63) is 0 Å². The van der Waals surface area contributed by atoms with Gasteiger partial charge in [0.05, 0.1) is 0 Å². The molecule has 2 aliphatic rings. The van der Waals surface area contributed by atoms with Gasteiger partial charge in [-0.1, -0.05) is 20.8 Å². The van der Waals surface area contributed by atoms with E-state index in [1.54, 1.807) is 0 Å². The van der Waals surface area contributed by atoms with Crippen molar-refractivity contribution in [1.29, 1.82) is 0 Å². The molecule has 2 rings (SSSR count). The van der Waals surface area contributed by atoms with Crippen LogP contribution in [0.15, 0.2) is 0 Å². The summed E-state index contributed by atoms with van der Waals surface area (Å²) in [6.07, 6.45) is 8.36. The maximum atomic E-state index is 3.82. The van der Waals surface area contributed by atoms with Crippen LogP contribution in [0, 0.1) is 5.41 Å². The van der Waals surface area contributed by atoms with Crippen LogP contribution < -0.4 is 5.32 Å². The Hall–Kier alpha value is -0.0800. The van der Waals surface area contributed by atoms with E-state index in [0.29, 0.717) is 5.41 Å². The van der Waals surface area contributed by atoms with Crippen LogP contribution in [-0.4, -0.2) is 36.6 Å². The third kappa shape index (κ3) is 3.69. The molecule has 1 saturated heterocycles. The van der Waals surface area contributed by atoms with Gasteiger partial charge in [-0.15, -0.1) is 0 Å². The van der Waals surface area contributed by atoms with E-state index in [0.717, 1.165) is 12.1 Å². The highest BCUT2D eigenvalue weighted by Crippen LogP contribution is 2.35. The molecule has 2 heteroatoms. The summed E-state index contributed by atoms with van der Waals surface area (Å²) >= 11 is 0. The third-order valence-electron chi connectivity index (χ3n) is 4.89. The molecule has 1 aliphatic heterocycles. The largest absolute Gasteiger partial charge is 0.312 e. The van der Waals surface area contributed by atoms with E-state index in [9.17, 15) is 0 Å². The summed E-state index contributed by atoms with van der Waals surface area (Å²) in [7, 11) is 0. The van der Waals surface area contributed by atoms with Crippen molar-refractivity contribution < 1.29 is 0 Å². The number of likely N-dealkylation sites (tertiary alicyclic amines) is 1. The van der Waals surface area contributed by atoms with Gasteiger partial charge in [-0.2, -0.15) is 0 Å². The van der Waals surface area contributed by atoms with E-state index < -0.39 is 0 Å². The minimum absolute atomic E-state index is 0.598. The van der Waals surface area contributed by atoms with Crippen molar-refractivity contribution in [2.45, 2.75) is 71.4 Å². The summed E-state index contributed by atoms with van der Waals surface area (Å²) in [4.78, 5) is 2.64. The highest BCUT2D eigenvalue weighted by Gasteiger charge is 2.28. The molecule has 1 saturated carbocycles. The Morgan fingerprint density at radius 1 is 1.18 bits per heavy atom. The summed E-state index contributed by atoms with van der Waals surface area (Å²) in [6.45, 7) is 10.9. The first-order valence-corrected chi connectivity index (χ1v) is 7.58. The standard InChI is InChI=1S/C15H30N2/c1-4-17-11-5-6-14(17)12-16-13-7-9-15(2,3)10-8-13/h13-14,16H,4-12H2,1-3H3.